The Bertz CT molecular complexity index is 363. The molecule has 1 rings (SSSR count). The van der Waals surface area contributed by atoms with Gasteiger partial charge in [-0.25, -0.2) is 4.79 Å². The zero-order chi connectivity index (χ0) is 11.1. The van der Waals surface area contributed by atoms with E-state index in [4.69, 9.17) is 9.94 Å². The maximum Gasteiger partial charge on any atom is 0.338 e. The van der Waals surface area contributed by atoms with Gasteiger partial charge >= 0.3 is 5.97 Å². The van der Waals surface area contributed by atoms with Gasteiger partial charge in [0.2, 0.25) is 0 Å². The molecule has 0 amide bonds. The highest BCUT2D eigenvalue weighted by molar-refractivity contribution is 5.92. The van der Waals surface area contributed by atoms with Crippen molar-refractivity contribution in [1.82, 2.24) is 5.59 Å². The van der Waals surface area contributed by atoms with Gasteiger partial charge in [-0.2, -0.15) is 10.7 Å². The van der Waals surface area contributed by atoms with Crippen molar-refractivity contribution < 1.29 is 14.7 Å². The number of esters is 1. The number of nitrogens with one attached hydrogen (secondary N) is 1. The molecule has 0 aromatic heterocycles. The van der Waals surface area contributed by atoms with Crippen LogP contribution in [0.1, 0.15) is 22.8 Å². The maximum atomic E-state index is 11.3. The Morgan fingerprint density at radius 1 is 1.67 bits per heavy atom. The molecule has 80 valence electrons. The summed E-state index contributed by atoms with van der Waals surface area (Å²) in [6.07, 6.45) is 1.39. The average Bonchev–Trinajstić information content (AvgIpc) is 2.27. The maximum absolute atomic E-state index is 11.3. The number of nitrogens with zero attached hydrogens (tertiary/aromatic N) is 1. The molecule has 0 atom stereocenters. The molecular weight excluding hydrogens is 196 g/mol. The van der Waals surface area contributed by atoms with Gasteiger partial charge < -0.3 is 4.74 Å². The molecule has 0 fully saturated rings. The van der Waals surface area contributed by atoms with Gasteiger partial charge in [0.1, 0.15) is 0 Å². The second-order valence-electron chi connectivity index (χ2n) is 2.70. The van der Waals surface area contributed by atoms with Crippen LogP contribution < -0.4 is 5.59 Å². The molecule has 0 aliphatic heterocycles. The Morgan fingerprint density at radius 3 is 3.13 bits per heavy atom. The molecule has 1 aromatic rings. The standard InChI is InChI=1S/C10H12N2O3/c1-2-15-10(13)9-5-3-4-8(6-9)7-11-12-14/h3-7,12,14H,2H2,1H3/b11-7+. The third-order valence-corrected chi connectivity index (χ3v) is 1.67. The Balaban J connectivity index is 2.82. The first-order chi connectivity index (χ1) is 7.27. The molecule has 0 aliphatic carbocycles. The van der Waals surface area contributed by atoms with Crippen molar-refractivity contribution in [3.8, 4) is 0 Å². The molecule has 5 nitrogen and oxygen atoms in total. The van der Waals surface area contributed by atoms with E-state index in [0.29, 0.717) is 17.7 Å². The zero-order valence-electron chi connectivity index (χ0n) is 8.30. The monoisotopic (exact) mass is 208 g/mol. The van der Waals surface area contributed by atoms with Crippen LogP contribution in [0.3, 0.4) is 0 Å². The predicted molar refractivity (Wildman–Crippen MR) is 54.9 cm³/mol. The molecular formula is C10H12N2O3. The van der Waals surface area contributed by atoms with E-state index in [2.05, 4.69) is 5.10 Å². The van der Waals surface area contributed by atoms with E-state index in [1.165, 1.54) is 6.21 Å². The molecule has 0 heterocycles. The van der Waals surface area contributed by atoms with Gasteiger partial charge in [0.15, 0.2) is 0 Å². The molecule has 0 bridgehead atoms. The summed E-state index contributed by atoms with van der Waals surface area (Å²) < 4.78 is 4.84. The molecule has 2 N–H and O–H groups in total. The molecule has 0 saturated carbocycles. The fourth-order valence-electron chi connectivity index (χ4n) is 1.06. The molecule has 0 spiro atoms. The summed E-state index contributed by atoms with van der Waals surface area (Å²) in [5.41, 5.74) is 2.80. The topological polar surface area (TPSA) is 70.9 Å². The van der Waals surface area contributed by atoms with E-state index in [0.717, 1.165) is 0 Å². The molecule has 0 radical (unpaired) electrons. The summed E-state index contributed by atoms with van der Waals surface area (Å²) in [5.74, 6) is -0.371. The SMILES string of the molecule is CCOC(=O)c1cccc(/C=N/NO)c1. The second-order valence-corrected chi connectivity index (χ2v) is 2.70. The number of hydrogen-bond acceptors (Lipinski definition) is 5. The second kappa shape index (κ2) is 5.77. The van der Waals surface area contributed by atoms with Crippen LogP contribution in [0.5, 0.6) is 0 Å². The average molecular weight is 208 g/mol. The number of ether oxygens (including phenoxy) is 1. The first-order valence-corrected chi connectivity index (χ1v) is 4.47. The van der Waals surface area contributed by atoms with Crippen molar-refractivity contribution in [2.24, 2.45) is 5.10 Å². The zero-order valence-corrected chi connectivity index (χ0v) is 8.30. The molecule has 1 aromatic carbocycles. The van der Waals surface area contributed by atoms with Crippen molar-refractivity contribution in [1.29, 1.82) is 0 Å². The lowest BCUT2D eigenvalue weighted by Gasteiger charge is -2.01. The largest absolute Gasteiger partial charge is 0.462 e. The third-order valence-electron chi connectivity index (χ3n) is 1.67. The number of hydrazone groups is 1. The molecule has 0 unspecified atom stereocenters. The van der Waals surface area contributed by atoms with Gasteiger partial charge in [0.05, 0.1) is 18.4 Å². The van der Waals surface area contributed by atoms with Crippen LogP contribution in [0, 0.1) is 0 Å². The van der Waals surface area contributed by atoms with E-state index in [1.807, 2.05) is 0 Å². The van der Waals surface area contributed by atoms with Crippen molar-refractivity contribution in [3.63, 3.8) is 0 Å². The lowest BCUT2D eigenvalue weighted by Crippen LogP contribution is -2.05. The van der Waals surface area contributed by atoms with Gasteiger partial charge in [-0.05, 0) is 24.6 Å². The Morgan fingerprint density at radius 2 is 2.47 bits per heavy atom. The summed E-state index contributed by atoms with van der Waals surface area (Å²) in [6, 6.07) is 6.75. The summed E-state index contributed by atoms with van der Waals surface area (Å²) in [6.45, 7) is 2.09. The fraction of sp³-hybridized carbons (Fsp3) is 0.200. The minimum Gasteiger partial charge on any atom is -0.462 e. The van der Waals surface area contributed by atoms with Crippen LogP contribution in [0.25, 0.3) is 0 Å². The van der Waals surface area contributed by atoms with Gasteiger partial charge in [-0.3, -0.25) is 5.21 Å². The highest BCUT2D eigenvalue weighted by Gasteiger charge is 2.05. The van der Waals surface area contributed by atoms with Crippen LogP contribution in [-0.4, -0.2) is 24.0 Å². The molecule has 0 saturated heterocycles. The van der Waals surface area contributed by atoms with Crippen LogP contribution in [-0.2, 0) is 4.74 Å². The fourth-order valence-corrected chi connectivity index (χ4v) is 1.06. The van der Waals surface area contributed by atoms with Crippen molar-refractivity contribution in [3.05, 3.63) is 35.4 Å². The van der Waals surface area contributed by atoms with Gasteiger partial charge in [-0.15, -0.1) is 0 Å². The van der Waals surface area contributed by atoms with Crippen molar-refractivity contribution in [2.75, 3.05) is 6.61 Å². The van der Waals surface area contributed by atoms with Crippen LogP contribution in [0.2, 0.25) is 0 Å². The Hall–Kier alpha value is -1.88. The van der Waals surface area contributed by atoms with Gasteiger partial charge in [-0.1, -0.05) is 12.1 Å². The lowest BCUT2D eigenvalue weighted by atomic mass is 10.1. The Kier molecular flexibility index (Phi) is 4.30. The minimum absolute atomic E-state index is 0.343. The Labute approximate surface area is 87.3 Å². The summed E-state index contributed by atoms with van der Waals surface area (Å²) >= 11 is 0. The highest BCUT2D eigenvalue weighted by atomic mass is 16.5. The third kappa shape index (κ3) is 3.40. The number of carbonyl (C=O) groups excluding carboxylic acids is 1. The van der Waals surface area contributed by atoms with Gasteiger partial charge in [0, 0.05) is 0 Å². The van der Waals surface area contributed by atoms with Crippen molar-refractivity contribution >= 4 is 12.2 Å². The number of rotatable bonds is 4. The number of carbonyl (C=O) groups is 1. The molecule has 5 heteroatoms. The summed E-state index contributed by atoms with van der Waals surface area (Å²) in [4.78, 5) is 11.3. The minimum atomic E-state index is -0.371. The van der Waals surface area contributed by atoms with E-state index >= 15 is 0 Å². The van der Waals surface area contributed by atoms with Gasteiger partial charge in [0.25, 0.3) is 0 Å². The molecule has 15 heavy (non-hydrogen) atoms. The number of benzene rings is 1. The predicted octanol–water partition coefficient (Wildman–Crippen LogP) is 1.18. The van der Waals surface area contributed by atoms with Crippen LogP contribution in [0.4, 0.5) is 0 Å². The van der Waals surface area contributed by atoms with Crippen molar-refractivity contribution in [2.45, 2.75) is 6.92 Å². The van der Waals surface area contributed by atoms with Crippen LogP contribution in [0.15, 0.2) is 29.4 Å². The first kappa shape index (κ1) is 11.2. The summed E-state index contributed by atoms with van der Waals surface area (Å²) in [5, 5.41) is 11.7. The lowest BCUT2D eigenvalue weighted by molar-refractivity contribution is 0.0526. The van der Waals surface area contributed by atoms with E-state index in [1.54, 1.807) is 36.8 Å². The summed E-state index contributed by atoms with van der Waals surface area (Å²) in [7, 11) is 0. The van der Waals surface area contributed by atoms with E-state index in [-0.39, 0.29) is 5.97 Å². The number of hydrogen-bond donors (Lipinski definition) is 2. The normalized spacial score (nSPS) is 10.3. The smallest absolute Gasteiger partial charge is 0.338 e. The highest BCUT2D eigenvalue weighted by Crippen LogP contribution is 2.05. The van der Waals surface area contributed by atoms with E-state index in [9.17, 15) is 4.79 Å². The molecule has 0 aliphatic rings. The van der Waals surface area contributed by atoms with E-state index < -0.39 is 0 Å². The first-order valence-electron chi connectivity index (χ1n) is 4.47. The quantitative estimate of drug-likeness (QED) is 0.442. The van der Waals surface area contributed by atoms with Crippen LogP contribution >= 0.6 is 0 Å².